The first-order chi connectivity index (χ1) is 9.24. The van der Waals surface area contributed by atoms with Crippen LogP contribution in [-0.4, -0.2) is 62.3 Å². The quantitative estimate of drug-likeness (QED) is 0.788. The van der Waals surface area contributed by atoms with Gasteiger partial charge in [-0.15, -0.1) is 24.8 Å². The van der Waals surface area contributed by atoms with Gasteiger partial charge in [-0.3, -0.25) is 4.79 Å². The highest BCUT2D eigenvalue weighted by Crippen LogP contribution is 2.09. The smallest absolute Gasteiger partial charge is 0.222 e. The summed E-state index contributed by atoms with van der Waals surface area (Å²) in [6.45, 7) is 7.80. The zero-order valence-corrected chi connectivity index (χ0v) is 14.4. The average Bonchev–Trinajstić information content (AvgIpc) is 2.40. The number of hydrogen-bond donors (Lipinski definition) is 2. The summed E-state index contributed by atoms with van der Waals surface area (Å²) in [5, 5.41) is 6.33. The van der Waals surface area contributed by atoms with E-state index in [0.29, 0.717) is 13.0 Å². The van der Waals surface area contributed by atoms with E-state index in [-0.39, 0.29) is 42.9 Å². The van der Waals surface area contributed by atoms with Crippen molar-refractivity contribution in [3.05, 3.63) is 0 Å². The van der Waals surface area contributed by atoms with Gasteiger partial charge in [0.05, 0.1) is 19.1 Å². The summed E-state index contributed by atoms with van der Waals surface area (Å²) in [7, 11) is 0. The van der Waals surface area contributed by atoms with Gasteiger partial charge < -0.3 is 20.3 Å². The highest BCUT2D eigenvalue weighted by Gasteiger charge is 2.19. The Bertz CT molecular complexity index is 283. The van der Waals surface area contributed by atoms with E-state index in [4.69, 9.17) is 4.74 Å². The van der Waals surface area contributed by atoms with Crippen LogP contribution in [0, 0.1) is 0 Å². The van der Waals surface area contributed by atoms with E-state index >= 15 is 0 Å². The summed E-state index contributed by atoms with van der Waals surface area (Å²) < 4.78 is 5.55. The van der Waals surface area contributed by atoms with Gasteiger partial charge in [-0.25, -0.2) is 0 Å². The second-order valence-electron chi connectivity index (χ2n) is 5.73. The Hall–Kier alpha value is -0.0700. The fraction of sp³-hybridized carbons (Fsp3) is 0.929. The molecule has 2 aliphatic heterocycles. The van der Waals surface area contributed by atoms with E-state index < -0.39 is 0 Å². The molecule has 5 nitrogen and oxygen atoms in total. The zero-order chi connectivity index (χ0) is 13.5. The second kappa shape index (κ2) is 11.5. The molecule has 2 atom stereocenters. The number of carbonyl (C=O) groups excluding carboxylic acids is 1. The van der Waals surface area contributed by atoms with Gasteiger partial charge in [0, 0.05) is 25.7 Å². The summed E-state index contributed by atoms with van der Waals surface area (Å²) in [5.41, 5.74) is 0. The number of halogens is 2. The number of likely N-dealkylation sites (tertiary alicyclic amines) is 1. The Morgan fingerprint density at radius 1 is 1.33 bits per heavy atom. The molecule has 126 valence electrons. The molecule has 1 amide bonds. The van der Waals surface area contributed by atoms with Crippen LogP contribution in [0.5, 0.6) is 0 Å². The molecule has 0 aromatic rings. The number of piperidine rings is 1. The third kappa shape index (κ3) is 8.21. The molecule has 0 radical (unpaired) electrons. The Balaban J connectivity index is 0.00000200. The molecule has 0 bridgehead atoms. The van der Waals surface area contributed by atoms with Crippen molar-refractivity contribution in [2.45, 2.75) is 44.8 Å². The van der Waals surface area contributed by atoms with Crippen molar-refractivity contribution in [2.75, 3.05) is 39.3 Å². The third-order valence-corrected chi connectivity index (χ3v) is 3.81. The molecule has 2 aliphatic rings. The van der Waals surface area contributed by atoms with Crippen molar-refractivity contribution in [2.24, 2.45) is 0 Å². The first-order valence-corrected chi connectivity index (χ1v) is 7.58. The molecule has 0 aromatic carbocycles. The number of rotatable bonds is 5. The van der Waals surface area contributed by atoms with Crippen LogP contribution in [0.4, 0.5) is 0 Å². The van der Waals surface area contributed by atoms with Crippen molar-refractivity contribution in [1.82, 2.24) is 15.5 Å². The number of morpholine rings is 1. The topological polar surface area (TPSA) is 53.6 Å². The van der Waals surface area contributed by atoms with Gasteiger partial charge in [-0.05, 0) is 32.9 Å². The van der Waals surface area contributed by atoms with Crippen molar-refractivity contribution < 1.29 is 9.53 Å². The van der Waals surface area contributed by atoms with Crippen molar-refractivity contribution in [3.8, 4) is 0 Å². The molecule has 21 heavy (non-hydrogen) atoms. The first kappa shape index (κ1) is 20.9. The molecule has 2 fully saturated rings. The van der Waals surface area contributed by atoms with E-state index in [0.717, 1.165) is 19.6 Å². The number of carbonyl (C=O) groups is 1. The molecule has 0 aromatic heterocycles. The van der Waals surface area contributed by atoms with Crippen LogP contribution < -0.4 is 10.6 Å². The molecule has 2 saturated heterocycles. The van der Waals surface area contributed by atoms with Crippen LogP contribution in [0.2, 0.25) is 0 Å². The van der Waals surface area contributed by atoms with Gasteiger partial charge in [0.25, 0.3) is 0 Å². The number of amides is 1. The molecular weight excluding hydrogens is 313 g/mol. The number of hydrogen-bond acceptors (Lipinski definition) is 4. The lowest BCUT2D eigenvalue weighted by Crippen LogP contribution is -2.46. The fourth-order valence-corrected chi connectivity index (χ4v) is 2.87. The maximum absolute atomic E-state index is 11.9. The lowest BCUT2D eigenvalue weighted by molar-refractivity contribution is -0.125. The van der Waals surface area contributed by atoms with Crippen LogP contribution in [0.3, 0.4) is 0 Å². The molecule has 7 heteroatoms. The Kier molecular flexibility index (Phi) is 11.5. The van der Waals surface area contributed by atoms with Crippen LogP contribution in [0.25, 0.3) is 0 Å². The van der Waals surface area contributed by atoms with E-state index in [1.54, 1.807) is 0 Å². The summed E-state index contributed by atoms with van der Waals surface area (Å²) >= 11 is 0. The van der Waals surface area contributed by atoms with E-state index in [2.05, 4.69) is 22.5 Å². The molecule has 2 rings (SSSR count). The minimum atomic E-state index is 0. The minimum Gasteiger partial charge on any atom is -0.375 e. The second-order valence-corrected chi connectivity index (χ2v) is 5.73. The maximum Gasteiger partial charge on any atom is 0.222 e. The van der Waals surface area contributed by atoms with Crippen LogP contribution in [0.1, 0.15) is 32.6 Å². The molecule has 2 heterocycles. The van der Waals surface area contributed by atoms with Gasteiger partial charge in [0.1, 0.15) is 0 Å². The Morgan fingerprint density at radius 3 is 2.67 bits per heavy atom. The largest absolute Gasteiger partial charge is 0.375 e. The van der Waals surface area contributed by atoms with E-state index in [9.17, 15) is 4.79 Å². The monoisotopic (exact) mass is 341 g/mol. The summed E-state index contributed by atoms with van der Waals surface area (Å²) in [4.78, 5) is 14.4. The predicted molar refractivity (Wildman–Crippen MR) is 89.6 cm³/mol. The van der Waals surface area contributed by atoms with E-state index in [1.165, 1.54) is 32.4 Å². The SMILES string of the molecule is CC(CN1CCCCC1)NC(=O)CC1CNCCO1.Cl.Cl. The standard InChI is InChI=1S/C14H27N3O2.2ClH/c1-12(11-17-6-3-2-4-7-17)16-14(18)9-13-10-15-5-8-19-13;;/h12-13,15H,2-11H2,1H3,(H,16,18);2*1H. The summed E-state index contributed by atoms with van der Waals surface area (Å²) in [6, 6.07) is 0.224. The molecule has 0 saturated carbocycles. The molecule has 0 aliphatic carbocycles. The van der Waals surface area contributed by atoms with Crippen molar-refractivity contribution in [1.29, 1.82) is 0 Å². The Morgan fingerprint density at radius 2 is 2.05 bits per heavy atom. The summed E-state index contributed by atoms with van der Waals surface area (Å²) in [6.07, 6.45) is 4.45. The normalized spacial score (nSPS) is 24.3. The van der Waals surface area contributed by atoms with Crippen LogP contribution in [0.15, 0.2) is 0 Å². The number of nitrogens with one attached hydrogen (secondary N) is 2. The minimum absolute atomic E-state index is 0. The third-order valence-electron chi connectivity index (χ3n) is 3.81. The lowest BCUT2D eigenvalue weighted by atomic mass is 10.1. The zero-order valence-electron chi connectivity index (χ0n) is 12.8. The van der Waals surface area contributed by atoms with Crippen LogP contribution in [-0.2, 0) is 9.53 Å². The number of nitrogens with zero attached hydrogens (tertiary/aromatic N) is 1. The predicted octanol–water partition coefficient (Wildman–Crippen LogP) is 1.20. The van der Waals surface area contributed by atoms with Crippen molar-refractivity contribution >= 4 is 30.7 Å². The number of ether oxygens (including phenoxy) is 1. The van der Waals surface area contributed by atoms with Crippen LogP contribution >= 0.6 is 24.8 Å². The van der Waals surface area contributed by atoms with Gasteiger partial charge in [-0.2, -0.15) is 0 Å². The van der Waals surface area contributed by atoms with Gasteiger partial charge in [-0.1, -0.05) is 6.42 Å². The molecular formula is C14H29Cl2N3O2. The van der Waals surface area contributed by atoms with E-state index in [1.807, 2.05) is 0 Å². The van der Waals surface area contributed by atoms with Gasteiger partial charge >= 0.3 is 0 Å². The highest BCUT2D eigenvalue weighted by molar-refractivity contribution is 5.85. The molecule has 2 N–H and O–H groups in total. The van der Waals surface area contributed by atoms with Gasteiger partial charge in [0.2, 0.25) is 5.91 Å². The molecule has 0 spiro atoms. The Labute approximate surface area is 140 Å². The first-order valence-electron chi connectivity index (χ1n) is 7.58. The lowest BCUT2D eigenvalue weighted by Gasteiger charge is -2.30. The molecule has 2 unspecified atom stereocenters. The average molecular weight is 342 g/mol. The maximum atomic E-state index is 11.9. The van der Waals surface area contributed by atoms with Crippen molar-refractivity contribution in [3.63, 3.8) is 0 Å². The highest BCUT2D eigenvalue weighted by atomic mass is 35.5. The summed E-state index contributed by atoms with van der Waals surface area (Å²) in [5.74, 6) is 0.109. The fourth-order valence-electron chi connectivity index (χ4n) is 2.87. The van der Waals surface area contributed by atoms with Gasteiger partial charge in [0.15, 0.2) is 0 Å².